The summed E-state index contributed by atoms with van der Waals surface area (Å²) in [5, 5.41) is 179. The number of carbonyl (C=O) groups is 3. The Balaban J connectivity index is 1.15. The minimum absolute atomic E-state index is 0.705. The zero-order valence-corrected chi connectivity index (χ0v) is 40.7. The number of nitrogens with one attached hydrogen (secondary N) is 3. The number of ether oxygens (including phenoxy) is 11. The van der Waals surface area contributed by atoms with Gasteiger partial charge in [0, 0.05) is 20.8 Å². The minimum atomic E-state index is -2.13. The number of hydrogen-bond acceptors (Lipinski definition) is 30. The highest BCUT2D eigenvalue weighted by atomic mass is 16.8. The third-order valence-electron chi connectivity index (χ3n) is 13.6. The van der Waals surface area contributed by atoms with Gasteiger partial charge in [0.25, 0.3) is 0 Å². The molecule has 6 heterocycles. The number of rotatable bonds is 18. The van der Waals surface area contributed by atoms with Crippen LogP contribution in [0.2, 0.25) is 0 Å². The minimum Gasteiger partial charge on any atom is -0.394 e. The molecule has 0 spiro atoms. The molecule has 0 radical (unpaired) electrons. The van der Waals surface area contributed by atoms with Gasteiger partial charge in [0.2, 0.25) is 17.7 Å². The zero-order valence-electron chi connectivity index (χ0n) is 40.7. The Labute approximate surface area is 426 Å². The van der Waals surface area contributed by atoms with Crippen molar-refractivity contribution < 1.29 is 148 Å². The van der Waals surface area contributed by atoms with Gasteiger partial charge in [-0.2, -0.15) is 0 Å². The maximum Gasteiger partial charge on any atom is 0.217 e. The highest BCUT2D eigenvalue weighted by Crippen LogP contribution is 2.35. The van der Waals surface area contributed by atoms with Crippen LogP contribution in [0.3, 0.4) is 0 Å². The molecule has 0 saturated carbocycles. The van der Waals surface area contributed by atoms with Crippen LogP contribution in [0.5, 0.6) is 0 Å². The molecule has 0 aliphatic carbocycles. The summed E-state index contributed by atoms with van der Waals surface area (Å²) < 4.78 is 63.0. The van der Waals surface area contributed by atoms with E-state index in [0.29, 0.717) is 0 Å². The van der Waals surface area contributed by atoms with Crippen molar-refractivity contribution in [3.05, 3.63) is 0 Å². The molecule has 6 saturated heterocycles. The average molecular weight is 1100 g/mol. The fourth-order valence-electron chi connectivity index (χ4n) is 9.47. The van der Waals surface area contributed by atoms with Crippen LogP contribution in [-0.4, -0.2) is 317 Å². The van der Waals surface area contributed by atoms with E-state index in [0.717, 1.165) is 20.8 Å². The summed E-state index contributed by atoms with van der Waals surface area (Å²) in [4.78, 5) is 36.6. The Morgan fingerprint density at radius 2 is 0.747 bits per heavy atom. The molecule has 30 atom stereocenters. The molecule has 0 aromatic heterocycles. The van der Waals surface area contributed by atoms with Gasteiger partial charge < -0.3 is 150 Å². The lowest BCUT2D eigenvalue weighted by atomic mass is 9.94. The first-order valence-corrected chi connectivity index (χ1v) is 23.9. The monoisotopic (exact) mass is 1100 g/mol. The summed E-state index contributed by atoms with van der Waals surface area (Å²) in [5.74, 6) is -2.27. The molecule has 434 valence electrons. The van der Waals surface area contributed by atoms with Crippen LogP contribution in [0.15, 0.2) is 0 Å². The van der Waals surface area contributed by atoms with Gasteiger partial charge in [0.1, 0.15) is 140 Å². The summed E-state index contributed by atoms with van der Waals surface area (Å²) in [6.45, 7) is 0.199. The van der Waals surface area contributed by atoms with Crippen molar-refractivity contribution in [3.8, 4) is 0 Å². The molecule has 19 N–H and O–H groups in total. The Bertz CT molecular complexity index is 1850. The maximum atomic E-state index is 12.6. The van der Waals surface area contributed by atoms with E-state index < -0.39 is 235 Å². The summed E-state index contributed by atoms with van der Waals surface area (Å²) in [5.41, 5.74) is 0. The lowest BCUT2D eigenvalue weighted by Crippen LogP contribution is -2.70. The normalized spacial score (nSPS) is 48.6. The predicted molar refractivity (Wildman–Crippen MR) is 233 cm³/mol. The highest BCUT2D eigenvalue weighted by Gasteiger charge is 2.56. The van der Waals surface area contributed by atoms with Crippen LogP contribution in [0.25, 0.3) is 0 Å². The van der Waals surface area contributed by atoms with Crippen molar-refractivity contribution >= 4 is 17.7 Å². The third kappa shape index (κ3) is 13.9. The van der Waals surface area contributed by atoms with Crippen molar-refractivity contribution in [3.63, 3.8) is 0 Å². The van der Waals surface area contributed by atoms with E-state index in [1.165, 1.54) is 6.92 Å². The van der Waals surface area contributed by atoms with Crippen molar-refractivity contribution in [2.24, 2.45) is 0 Å². The lowest BCUT2D eigenvalue weighted by Gasteiger charge is -2.49. The van der Waals surface area contributed by atoms with Gasteiger partial charge in [-0.1, -0.05) is 0 Å². The van der Waals surface area contributed by atoms with Crippen molar-refractivity contribution in [1.29, 1.82) is 0 Å². The molecule has 6 fully saturated rings. The fourth-order valence-corrected chi connectivity index (χ4v) is 9.47. The second-order valence-corrected chi connectivity index (χ2v) is 19.0. The molecule has 0 aromatic carbocycles. The molecule has 0 unspecified atom stereocenters. The van der Waals surface area contributed by atoms with Crippen molar-refractivity contribution in [1.82, 2.24) is 16.0 Å². The van der Waals surface area contributed by atoms with Crippen LogP contribution in [-0.2, 0) is 66.5 Å². The van der Waals surface area contributed by atoms with Gasteiger partial charge >= 0.3 is 0 Å². The Morgan fingerprint density at radius 1 is 0.373 bits per heavy atom. The molecule has 33 nitrogen and oxygen atoms in total. The largest absolute Gasteiger partial charge is 0.394 e. The molecule has 0 aromatic rings. The highest BCUT2D eigenvalue weighted by molar-refractivity contribution is 5.74. The van der Waals surface area contributed by atoms with Crippen molar-refractivity contribution in [2.45, 2.75) is 212 Å². The van der Waals surface area contributed by atoms with Gasteiger partial charge in [-0.25, -0.2) is 0 Å². The van der Waals surface area contributed by atoms with E-state index in [4.69, 9.17) is 52.1 Å². The van der Waals surface area contributed by atoms with Gasteiger partial charge in [-0.3, -0.25) is 14.4 Å². The molecule has 0 bridgehead atoms. The topological polar surface area (TPSA) is 513 Å². The van der Waals surface area contributed by atoms with Crippen LogP contribution < -0.4 is 16.0 Å². The van der Waals surface area contributed by atoms with E-state index in [1.54, 1.807) is 0 Å². The van der Waals surface area contributed by atoms with Gasteiger partial charge in [-0.05, 0) is 6.92 Å². The molecule has 33 heteroatoms. The van der Waals surface area contributed by atoms with Gasteiger partial charge in [0.05, 0.1) is 39.1 Å². The molecule has 3 amide bonds. The molecule has 75 heavy (non-hydrogen) atoms. The first kappa shape index (κ1) is 61.5. The van der Waals surface area contributed by atoms with Crippen molar-refractivity contribution in [2.75, 3.05) is 33.0 Å². The Hall–Kier alpha value is -2.67. The Kier molecular flexibility index (Phi) is 21.8. The molecule has 6 rings (SSSR count). The molecular formula is C42H71N3O30. The molecule has 6 aliphatic rings. The molecular weight excluding hydrogens is 1030 g/mol. The Morgan fingerprint density at radius 3 is 1.29 bits per heavy atom. The van der Waals surface area contributed by atoms with Crippen LogP contribution >= 0.6 is 0 Å². The maximum absolute atomic E-state index is 12.6. The quantitative estimate of drug-likeness (QED) is 0.0606. The fraction of sp³-hybridized carbons (Fsp3) is 0.929. The average Bonchev–Trinajstić information content (AvgIpc) is 3.36. The van der Waals surface area contributed by atoms with Gasteiger partial charge in [-0.15, -0.1) is 0 Å². The second-order valence-electron chi connectivity index (χ2n) is 19.0. The summed E-state index contributed by atoms with van der Waals surface area (Å²) in [7, 11) is 0. The van der Waals surface area contributed by atoms with E-state index in [9.17, 15) is 96.1 Å². The summed E-state index contributed by atoms with van der Waals surface area (Å²) in [6.07, 6.45) is -48.1. The van der Waals surface area contributed by atoms with Crippen LogP contribution in [0.1, 0.15) is 27.7 Å². The summed E-state index contributed by atoms with van der Waals surface area (Å²) in [6, 6.07) is -4.83. The number of amides is 3. The zero-order chi connectivity index (χ0) is 55.5. The summed E-state index contributed by atoms with van der Waals surface area (Å²) >= 11 is 0. The van der Waals surface area contributed by atoms with E-state index >= 15 is 0 Å². The number of aliphatic hydroxyl groups is 16. The predicted octanol–water partition coefficient (Wildman–Crippen LogP) is -12.6. The number of carbonyl (C=O) groups excluding carboxylic acids is 3. The van der Waals surface area contributed by atoms with E-state index in [2.05, 4.69) is 16.0 Å². The standard InChI is InChI=1S/C42H71N3O30/c1-10-22(52)28(58)31(61)40(67-10)66-9-18-36(26(56)19(37(64)68-18)43-11(2)49)74-39-21(45-13(4)51)27(57)34(15(6-47)70-39)75-42-32(62)29(59)24(54)17(72-42)8-65-41-33(63)30(60)35(16(7-48)71-41)73-38-20(44-12(3)50)25(55)23(53)14(5-46)69-38/h10,14-42,46-48,52-64H,5-9H2,1-4H3,(H,43,49)(H,44,50)(H,45,51)/t10-,14+,15+,16+,17+,18+,19+,20+,21+,22+,23+,24+,25+,26+,27+,28+,29-,30+,31-,32-,33-,34+,35+,36+,37+,38-,39-,40-,41-,42+/m0/s1. The lowest BCUT2D eigenvalue weighted by molar-refractivity contribution is -0.370. The van der Waals surface area contributed by atoms with E-state index in [-0.39, 0.29) is 0 Å². The van der Waals surface area contributed by atoms with E-state index in [1.807, 2.05) is 0 Å². The number of hydrogen-bond donors (Lipinski definition) is 19. The first-order chi connectivity index (χ1) is 35.3. The smallest absolute Gasteiger partial charge is 0.217 e. The van der Waals surface area contributed by atoms with Gasteiger partial charge in [0.15, 0.2) is 37.7 Å². The SMILES string of the molecule is CC(=O)N[C@@H]1[C@@H](O)[C@H](O[C@@H]2O[C@H](CO)[C@@H](O[C@H]3O[C@H](CO[C@H]4O[C@H](CO)[C@@H](O[C@@H]5O[C@H](CO)[C@@H](O)[C@H](O)[C@H]5NC(C)=O)[C@H](O)[C@@H]4O)[C@@H](O)[C@H](O)[C@@H]3O)[C@H](O)[C@H]2NC(C)=O)[C@@H](CO[C@H]2O[C@@H](C)[C@@H](O)[C@@H](O)[C@@H]2O)O[C@H]1O. The second kappa shape index (κ2) is 26.5. The first-order valence-electron chi connectivity index (χ1n) is 23.9. The molecule has 6 aliphatic heterocycles. The third-order valence-corrected chi connectivity index (χ3v) is 13.6. The number of aliphatic hydroxyl groups excluding tert-OH is 16. The van der Waals surface area contributed by atoms with Crippen LogP contribution in [0, 0.1) is 0 Å². The van der Waals surface area contributed by atoms with Crippen LogP contribution in [0.4, 0.5) is 0 Å².